The number of nitrogens with zero attached hydrogens (tertiary/aromatic N) is 2. The van der Waals surface area contributed by atoms with Crippen LogP contribution in [-0.4, -0.2) is 62.8 Å². The van der Waals surface area contributed by atoms with Crippen molar-refractivity contribution >= 4 is 5.96 Å². The van der Waals surface area contributed by atoms with Gasteiger partial charge in [0.05, 0.1) is 6.61 Å². The maximum atomic E-state index is 5.50. The minimum atomic E-state index is 0.556. The van der Waals surface area contributed by atoms with Gasteiger partial charge < -0.3 is 20.3 Å². The molecule has 0 radical (unpaired) electrons. The lowest BCUT2D eigenvalue weighted by Gasteiger charge is -2.34. The summed E-state index contributed by atoms with van der Waals surface area (Å²) in [7, 11) is 0. The van der Waals surface area contributed by atoms with Gasteiger partial charge in [-0.3, -0.25) is 4.99 Å². The van der Waals surface area contributed by atoms with E-state index in [4.69, 9.17) is 9.73 Å². The second-order valence-corrected chi connectivity index (χ2v) is 7.35. The number of guanidine groups is 1. The second-order valence-electron chi connectivity index (χ2n) is 7.35. The van der Waals surface area contributed by atoms with E-state index in [1.165, 1.54) is 51.7 Å². The summed E-state index contributed by atoms with van der Waals surface area (Å²) in [5.74, 6) is 2.47. The van der Waals surface area contributed by atoms with Crippen LogP contribution in [0.5, 0.6) is 0 Å². The second kappa shape index (κ2) is 10.9. The molecule has 0 aromatic rings. The van der Waals surface area contributed by atoms with Gasteiger partial charge in [-0.05, 0) is 38.0 Å². The summed E-state index contributed by atoms with van der Waals surface area (Å²) in [6.45, 7) is 14.0. The van der Waals surface area contributed by atoms with E-state index in [2.05, 4.69) is 36.3 Å². The number of hydrogen-bond donors (Lipinski definition) is 2. The van der Waals surface area contributed by atoms with Crippen molar-refractivity contribution < 1.29 is 4.74 Å². The summed E-state index contributed by atoms with van der Waals surface area (Å²) >= 11 is 0. The van der Waals surface area contributed by atoms with Crippen LogP contribution in [0.2, 0.25) is 0 Å². The van der Waals surface area contributed by atoms with Crippen LogP contribution in [-0.2, 0) is 4.74 Å². The Hall–Kier alpha value is -0.810. The number of ether oxygens (including phenoxy) is 1. The number of piperidine rings is 1. The van der Waals surface area contributed by atoms with Crippen molar-refractivity contribution in [2.24, 2.45) is 16.8 Å². The lowest BCUT2D eigenvalue weighted by molar-refractivity contribution is 0.150. The standard InChI is InChI=1S/C19H38N4O/c1-4-16(5-2)13-21-19(20-6-3)22-18-7-10-23(11-8-18)14-17-9-12-24-15-17/h16-18H,4-15H2,1-3H3,(H2,20,21,22). The van der Waals surface area contributed by atoms with Gasteiger partial charge in [0.1, 0.15) is 0 Å². The topological polar surface area (TPSA) is 48.9 Å². The molecule has 0 bridgehead atoms. The minimum Gasteiger partial charge on any atom is -0.381 e. The van der Waals surface area contributed by atoms with Crippen LogP contribution in [0, 0.1) is 11.8 Å². The Morgan fingerprint density at radius 2 is 1.92 bits per heavy atom. The summed E-state index contributed by atoms with van der Waals surface area (Å²) in [5.41, 5.74) is 0. The lowest BCUT2D eigenvalue weighted by Crippen LogP contribution is -2.49. The van der Waals surface area contributed by atoms with Crippen LogP contribution in [0.1, 0.15) is 52.9 Å². The maximum absolute atomic E-state index is 5.50. The monoisotopic (exact) mass is 338 g/mol. The van der Waals surface area contributed by atoms with E-state index in [1.807, 2.05) is 0 Å². The SMILES string of the molecule is CCNC(=NCC(CC)CC)NC1CCN(CC2CCOC2)CC1. The van der Waals surface area contributed by atoms with E-state index in [9.17, 15) is 0 Å². The fraction of sp³-hybridized carbons (Fsp3) is 0.947. The Labute approximate surface area is 148 Å². The number of hydrogen-bond acceptors (Lipinski definition) is 3. The molecule has 2 rings (SSSR count). The summed E-state index contributed by atoms with van der Waals surface area (Å²) in [6, 6.07) is 0.556. The summed E-state index contributed by atoms with van der Waals surface area (Å²) in [4.78, 5) is 7.43. The zero-order valence-corrected chi connectivity index (χ0v) is 16.0. The molecule has 140 valence electrons. The number of rotatable bonds is 8. The van der Waals surface area contributed by atoms with Gasteiger partial charge in [0.15, 0.2) is 5.96 Å². The Morgan fingerprint density at radius 3 is 2.50 bits per heavy atom. The average Bonchev–Trinajstić information content (AvgIpc) is 3.10. The Balaban J connectivity index is 1.73. The highest BCUT2D eigenvalue weighted by molar-refractivity contribution is 5.80. The van der Waals surface area contributed by atoms with Crippen molar-refractivity contribution in [2.45, 2.75) is 58.9 Å². The molecule has 1 atom stereocenters. The van der Waals surface area contributed by atoms with Gasteiger partial charge in [-0.1, -0.05) is 26.7 Å². The van der Waals surface area contributed by atoms with Crippen LogP contribution >= 0.6 is 0 Å². The summed E-state index contributed by atoms with van der Waals surface area (Å²) in [5, 5.41) is 7.07. The molecule has 0 spiro atoms. The Kier molecular flexibility index (Phi) is 8.89. The Morgan fingerprint density at radius 1 is 1.17 bits per heavy atom. The van der Waals surface area contributed by atoms with Gasteiger partial charge >= 0.3 is 0 Å². The quantitative estimate of drug-likeness (QED) is 0.527. The third-order valence-electron chi connectivity index (χ3n) is 5.48. The van der Waals surface area contributed by atoms with E-state index < -0.39 is 0 Å². The predicted molar refractivity (Wildman–Crippen MR) is 102 cm³/mol. The number of likely N-dealkylation sites (tertiary alicyclic amines) is 1. The highest BCUT2D eigenvalue weighted by Crippen LogP contribution is 2.17. The molecule has 2 heterocycles. The van der Waals surface area contributed by atoms with Crippen molar-refractivity contribution in [1.82, 2.24) is 15.5 Å². The molecule has 2 N–H and O–H groups in total. The molecule has 0 amide bonds. The molecule has 2 saturated heterocycles. The van der Waals surface area contributed by atoms with E-state index in [1.54, 1.807) is 0 Å². The van der Waals surface area contributed by atoms with Crippen molar-refractivity contribution in [3.8, 4) is 0 Å². The first-order chi connectivity index (χ1) is 11.7. The van der Waals surface area contributed by atoms with Crippen molar-refractivity contribution in [3.05, 3.63) is 0 Å². The number of aliphatic imine (C=N–C) groups is 1. The lowest BCUT2D eigenvalue weighted by atomic mass is 10.0. The average molecular weight is 339 g/mol. The smallest absolute Gasteiger partial charge is 0.191 e. The van der Waals surface area contributed by atoms with E-state index in [0.29, 0.717) is 12.0 Å². The number of nitrogens with one attached hydrogen (secondary N) is 2. The van der Waals surface area contributed by atoms with Gasteiger partial charge in [0.2, 0.25) is 0 Å². The molecular weight excluding hydrogens is 300 g/mol. The third kappa shape index (κ3) is 6.60. The maximum Gasteiger partial charge on any atom is 0.191 e. The molecular formula is C19H38N4O. The Bertz CT molecular complexity index is 356. The van der Waals surface area contributed by atoms with Crippen LogP contribution in [0.4, 0.5) is 0 Å². The van der Waals surface area contributed by atoms with Crippen LogP contribution < -0.4 is 10.6 Å². The van der Waals surface area contributed by atoms with Gasteiger partial charge in [-0.2, -0.15) is 0 Å². The summed E-state index contributed by atoms with van der Waals surface area (Å²) < 4.78 is 5.50. The molecule has 2 fully saturated rings. The van der Waals surface area contributed by atoms with E-state index in [0.717, 1.165) is 38.2 Å². The molecule has 0 saturated carbocycles. The first-order valence-corrected chi connectivity index (χ1v) is 10.1. The molecule has 24 heavy (non-hydrogen) atoms. The van der Waals surface area contributed by atoms with Crippen LogP contribution in [0.3, 0.4) is 0 Å². The highest BCUT2D eigenvalue weighted by Gasteiger charge is 2.24. The largest absolute Gasteiger partial charge is 0.381 e. The first-order valence-electron chi connectivity index (χ1n) is 10.1. The predicted octanol–water partition coefficient (Wildman–Crippen LogP) is 2.48. The van der Waals surface area contributed by atoms with Crippen LogP contribution in [0.25, 0.3) is 0 Å². The first kappa shape index (κ1) is 19.5. The van der Waals surface area contributed by atoms with Crippen molar-refractivity contribution in [3.63, 3.8) is 0 Å². The zero-order valence-electron chi connectivity index (χ0n) is 16.0. The van der Waals surface area contributed by atoms with Gasteiger partial charge in [0, 0.05) is 45.4 Å². The summed E-state index contributed by atoms with van der Waals surface area (Å²) in [6.07, 6.45) is 6.09. The van der Waals surface area contributed by atoms with E-state index >= 15 is 0 Å². The fourth-order valence-electron chi connectivity index (χ4n) is 3.63. The zero-order chi connectivity index (χ0) is 17.2. The normalized spacial score (nSPS) is 23.8. The fourth-order valence-corrected chi connectivity index (χ4v) is 3.63. The van der Waals surface area contributed by atoms with Crippen molar-refractivity contribution in [2.75, 3.05) is 45.9 Å². The van der Waals surface area contributed by atoms with Gasteiger partial charge in [-0.15, -0.1) is 0 Å². The minimum absolute atomic E-state index is 0.556. The van der Waals surface area contributed by atoms with Crippen LogP contribution in [0.15, 0.2) is 4.99 Å². The molecule has 0 aromatic carbocycles. The molecule has 5 nitrogen and oxygen atoms in total. The third-order valence-corrected chi connectivity index (χ3v) is 5.48. The van der Waals surface area contributed by atoms with Gasteiger partial charge in [-0.25, -0.2) is 0 Å². The highest BCUT2D eigenvalue weighted by atomic mass is 16.5. The van der Waals surface area contributed by atoms with Gasteiger partial charge in [0.25, 0.3) is 0 Å². The molecule has 2 aliphatic heterocycles. The molecule has 5 heteroatoms. The molecule has 2 aliphatic rings. The molecule has 1 unspecified atom stereocenters. The van der Waals surface area contributed by atoms with E-state index in [-0.39, 0.29) is 0 Å². The molecule has 0 aromatic heterocycles. The molecule has 0 aliphatic carbocycles. The van der Waals surface area contributed by atoms with Crippen molar-refractivity contribution in [1.29, 1.82) is 0 Å².